The van der Waals surface area contributed by atoms with E-state index in [2.05, 4.69) is 29.6 Å². The number of aliphatic carboxylic acids is 1. The number of nitrogens with one attached hydrogen (secondary N) is 1. The number of carbonyl (C=O) groups excluding carboxylic acids is 2. The molecule has 4 rings (SSSR count). The molecular weight excluding hydrogens is 420 g/mol. The number of hydrogen-bond acceptors (Lipinski definition) is 4. The molecule has 1 fully saturated rings. The van der Waals surface area contributed by atoms with E-state index in [1.807, 2.05) is 24.3 Å². The van der Waals surface area contributed by atoms with Gasteiger partial charge in [-0.05, 0) is 48.4 Å². The number of carboxylic acids is 1. The smallest absolute Gasteiger partial charge is 0.407 e. The maximum Gasteiger partial charge on any atom is 0.407 e. The van der Waals surface area contributed by atoms with Crippen molar-refractivity contribution in [1.29, 1.82) is 0 Å². The fraction of sp³-hybridized carbons (Fsp3) is 0.423. The molecule has 1 saturated heterocycles. The third-order valence-corrected chi connectivity index (χ3v) is 6.94. The summed E-state index contributed by atoms with van der Waals surface area (Å²) in [4.78, 5) is 38.6. The quantitative estimate of drug-likeness (QED) is 0.693. The summed E-state index contributed by atoms with van der Waals surface area (Å²) in [5.41, 5.74) is 3.38. The number of nitrogens with zero attached hydrogens (tertiary/aromatic N) is 1. The van der Waals surface area contributed by atoms with Gasteiger partial charge in [0.2, 0.25) is 5.91 Å². The summed E-state index contributed by atoms with van der Waals surface area (Å²) in [6.45, 7) is 3.99. The Kier molecular flexibility index (Phi) is 6.40. The van der Waals surface area contributed by atoms with Crippen molar-refractivity contribution in [3.05, 3.63) is 59.7 Å². The molecule has 7 nitrogen and oxygen atoms in total. The van der Waals surface area contributed by atoms with Crippen LogP contribution in [0.4, 0.5) is 4.79 Å². The number of ether oxygens (including phenoxy) is 1. The number of carboxylic acid groups (broad SMARTS) is 1. The third kappa shape index (κ3) is 4.32. The van der Waals surface area contributed by atoms with Gasteiger partial charge < -0.3 is 20.1 Å². The highest BCUT2D eigenvalue weighted by Crippen LogP contribution is 2.44. The minimum atomic E-state index is -1.20. The Morgan fingerprint density at radius 2 is 1.70 bits per heavy atom. The second kappa shape index (κ2) is 9.25. The van der Waals surface area contributed by atoms with Crippen LogP contribution in [-0.4, -0.2) is 53.2 Å². The van der Waals surface area contributed by atoms with Gasteiger partial charge in [0.15, 0.2) is 0 Å². The topological polar surface area (TPSA) is 95.9 Å². The van der Waals surface area contributed by atoms with Crippen LogP contribution in [0.25, 0.3) is 11.1 Å². The first-order valence-electron chi connectivity index (χ1n) is 11.5. The average molecular weight is 451 g/mol. The van der Waals surface area contributed by atoms with Gasteiger partial charge in [-0.25, -0.2) is 9.59 Å². The van der Waals surface area contributed by atoms with Crippen LogP contribution in [-0.2, 0) is 14.3 Å². The van der Waals surface area contributed by atoms with Crippen molar-refractivity contribution in [3.63, 3.8) is 0 Å². The van der Waals surface area contributed by atoms with Crippen molar-refractivity contribution >= 4 is 18.0 Å². The maximum absolute atomic E-state index is 12.9. The van der Waals surface area contributed by atoms with E-state index in [1.54, 1.807) is 13.8 Å². The SMILES string of the molecule is CC(CNC(=O)OCC1c2ccccc2-c2ccccc21)C(=O)N1CCCCC1(C)C(=O)O. The molecule has 0 spiro atoms. The van der Waals surface area contributed by atoms with Gasteiger partial charge in [-0.1, -0.05) is 55.5 Å². The summed E-state index contributed by atoms with van der Waals surface area (Å²) in [5.74, 6) is -1.85. The van der Waals surface area contributed by atoms with Crippen molar-refractivity contribution < 1.29 is 24.2 Å². The highest BCUT2D eigenvalue weighted by atomic mass is 16.5. The van der Waals surface area contributed by atoms with Crippen molar-refractivity contribution in [2.75, 3.05) is 19.7 Å². The summed E-state index contributed by atoms with van der Waals surface area (Å²) in [6.07, 6.45) is 1.40. The van der Waals surface area contributed by atoms with Crippen LogP contribution in [0, 0.1) is 5.92 Å². The Hall–Kier alpha value is -3.35. The maximum atomic E-state index is 12.9. The molecule has 2 amide bonds. The van der Waals surface area contributed by atoms with Gasteiger partial charge in [0.05, 0.1) is 5.92 Å². The van der Waals surface area contributed by atoms with Gasteiger partial charge in [0.25, 0.3) is 0 Å². The minimum Gasteiger partial charge on any atom is -0.480 e. The van der Waals surface area contributed by atoms with E-state index >= 15 is 0 Å². The molecule has 33 heavy (non-hydrogen) atoms. The monoisotopic (exact) mass is 450 g/mol. The molecule has 2 unspecified atom stereocenters. The number of hydrogen-bond donors (Lipinski definition) is 2. The molecule has 2 aliphatic rings. The Bertz CT molecular complexity index is 1020. The van der Waals surface area contributed by atoms with Crippen LogP contribution in [0.5, 0.6) is 0 Å². The number of likely N-dealkylation sites (tertiary alicyclic amines) is 1. The molecule has 1 aliphatic carbocycles. The number of carbonyl (C=O) groups is 3. The standard InChI is InChI=1S/C26H30N2O5/c1-17(23(29)28-14-8-7-13-26(28,2)24(30)31)15-27-25(32)33-16-22-20-11-5-3-9-18(20)19-10-4-6-12-21(19)22/h3-6,9-12,17,22H,7-8,13-16H2,1-2H3,(H,27,32)(H,30,31). The summed E-state index contributed by atoms with van der Waals surface area (Å²) < 4.78 is 5.53. The third-order valence-electron chi connectivity index (χ3n) is 6.94. The molecule has 7 heteroatoms. The zero-order valence-electron chi connectivity index (χ0n) is 19.0. The molecule has 1 aliphatic heterocycles. The Balaban J connectivity index is 1.34. The first kappa shape index (κ1) is 22.8. The zero-order chi connectivity index (χ0) is 23.6. The van der Waals surface area contributed by atoms with E-state index in [-0.39, 0.29) is 25.0 Å². The van der Waals surface area contributed by atoms with Crippen molar-refractivity contribution in [3.8, 4) is 11.1 Å². The fourth-order valence-electron chi connectivity index (χ4n) is 4.94. The fourth-order valence-corrected chi connectivity index (χ4v) is 4.94. The lowest BCUT2D eigenvalue weighted by Crippen LogP contribution is -2.59. The van der Waals surface area contributed by atoms with Crippen LogP contribution in [0.2, 0.25) is 0 Å². The molecule has 2 aromatic carbocycles. The van der Waals surface area contributed by atoms with Crippen LogP contribution in [0.3, 0.4) is 0 Å². The normalized spacial score (nSPS) is 20.5. The van der Waals surface area contributed by atoms with Gasteiger partial charge >= 0.3 is 12.1 Å². The summed E-state index contributed by atoms with van der Waals surface area (Å²) in [7, 11) is 0. The first-order valence-corrected chi connectivity index (χ1v) is 11.5. The Morgan fingerprint density at radius 1 is 1.09 bits per heavy atom. The largest absolute Gasteiger partial charge is 0.480 e. The summed E-state index contributed by atoms with van der Waals surface area (Å²) in [5, 5.41) is 12.3. The molecule has 0 radical (unpaired) electrons. The van der Waals surface area contributed by atoms with Gasteiger partial charge in [-0.2, -0.15) is 0 Å². The molecule has 174 valence electrons. The molecule has 2 atom stereocenters. The van der Waals surface area contributed by atoms with E-state index in [9.17, 15) is 19.5 Å². The van der Waals surface area contributed by atoms with Crippen LogP contribution in [0.1, 0.15) is 50.2 Å². The van der Waals surface area contributed by atoms with Gasteiger partial charge in [-0.15, -0.1) is 0 Å². The molecular formula is C26H30N2O5. The van der Waals surface area contributed by atoms with Crippen molar-refractivity contribution in [2.24, 2.45) is 5.92 Å². The van der Waals surface area contributed by atoms with Crippen molar-refractivity contribution in [2.45, 2.75) is 44.6 Å². The van der Waals surface area contributed by atoms with Gasteiger partial charge in [0, 0.05) is 19.0 Å². The number of fused-ring (bicyclic) bond motifs is 3. The molecule has 2 N–H and O–H groups in total. The average Bonchev–Trinajstić information content (AvgIpc) is 3.14. The molecule has 2 aromatic rings. The lowest BCUT2D eigenvalue weighted by atomic mass is 9.87. The number of rotatable bonds is 6. The van der Waals surface area contributed by atoms with E-state index < -0.39 is 23.5 Å². The summed E-state index contributed by atoms with van der Waals surface area (Å²) >= 11 is 0. The van der Waals surface area contributed by atoms with E-state index in [1.165, 1.54) is 4.90 Å². The lowest BCUT2D eigenvalue weighted by molar-refractivity contribution is -0.162. The second-order valence-electron chi connectivity index (χ2n) is 9.13. The highest BCUT2D eigenvalue weighted by Gasteiger charge is 2.44. The van der Waals surface area contributed by atoms with E-state index in [0.29, 0.717) is 13.0 Å². The number of benzene rings is 2. The van der Waals surface area contributed by atoms with Crippen LogP contribution in [0.15, 0.2) is 48.5 Å². The molecule has 0 saturated carbocycles. The van der Waals surface area contributed by atoms with Gasteiger partial charge in [-0.3, -0.25) is 4.79 Å². The number of amides is 2. The van der Waals surface area contributed by atoms with Crippen LogP contribution >= 0.6 is 0 Å². The molecule has 0 bridgehead atoms. The Morgan fingerprint density at radius 3 is 2.30 bits per heavy atom. The van der Waals surface area contributed by atoms with E-state index in [4.69, 9.17) is 4.74 Å². The van der Waals surface area contributed by atoms with Gasteiger partial charge in [0.1, 0.15) is 12.1 Å². The summed E-state index contributed by atoms with van der Waals surface area (Å²) in [6, 6.07) is 16.2. The lowest BCUT2D eigenvalue weighted by Gasteiger charge is -2.42. The van der Waals surface area contributed by atoms with Crippen molar-refractivity contribution in [1.82, 2.24) is 10.2 Å². The predicted octanol–water partition coefficient (Wildman–Crippen LogP) is 4.02. The predicted molar refractivity (Wildman–Crippen MR) is 124 cm³/mol. The number of alkyl carbamates (subject to hydrolysis) is 1. The second-order valence-corrected chi connectivity index (χ2v) is 9.13. The Labute approximate surface area is 193 Å². The molecule has 1 heterocycles. The van der Waals surface area contributed by atoms with E-state index in [0.717, 1.165) is 35.1 Å². The number of piperidine rings is 1. The molecule has 0 aromatic heterocycles. The van der Waals surface area contributed by atoms with Crippen LogP contribution < -0.4 is 5.32 Å². The minimum absolute atomic E-state index is 0.0353. The zero-order valence-corrected chi connectivity index (χ0v) is 19.0. The highest BCUT2D eigenvalue weighted by molar-refractivity contribution is 5.88. The first-order chi connectivity index (χ1) is 15.8.